The number of fused-ring (bicyclic) bond motifs is 1. The van der Waals surface area contributed by atoms with Gasteiger partial charge in [-0.15, -0.1) is 0 Å². The highest BCUT2D eigenvalue weighted by molar-refractivity contribution is 6.19. The van der Waals surface area contributed by atoms with Crippen LogP contribution in [0.4, 0.5) is 0 Å². The molecule has 0 N–H and O–H groups in total. The van der Waals surface area contributed by atoms with Crippen molar-refractivity contribution in [2.45, 2.75) is 0 Å². The van der Waals surface area contributed by atoms with Gasteiger partial charge in [-0.1, -0.05) is 152 Å². The van der Waals surface area contributed by atoms with Gasteiger partial charge in [0.1, 0.15) is 0 Å². The summed E-state index contributed by atoms with van der Waals surface area (Å²) < 4.78 is 0. The van der Waals surface area contributed by atoms with Crippen LogP contribution in [-0.2, 0) is 0 Å². The topological polar surface area (TPSA) is 50.5 Å². The molecule has 0 saturated carbocycles. The normalized spacial score (nSPS) is 11.4. The van der Waals surface area contributed by atoms with Crippen LogP contribution in [-0.4, -0.2) is 28.6 Å². The zero-order valence-electron chi connectivity index (χ0n) is 24.9. The standard InChI is InChI=1S/C41H30N4/c1-42-40(45-39(31-14-5-2-6-15-31)32-16-7-3-8-17-32)34-24-22-30(23-25-34)37-28-38(44-41(43-37)33-18-9-4-10-19-33)36-26-21-29-13-11-12-20-35(29)27-36/h2-28H,1H3. The largest absolute Gasteiger partial charge is 0.270 e. The Balaban J connectivity index is 1.28. The lowest BCUT2D eigenvalue weighted by Gasteiger charge is -2.11. The molecule has 4 heteroatoms. The summed E-state index contributed by atoms with van der Waals surface area (Å²) in [7, 11) is 1.78. The zero-order chi connectivity index (χ0) is 30.4. The van der Waals surface area contributed by atoms with E-state index in [0.717, 1.165) is 50.5 Å². The molecule has 4 nitrogen and oxygen atoms in total. The Morgan fingerprint density at radius 3 is 1.60 bits per heavy atom. The first-order chi connectivity index (χ1) is 22.2. The van der Waals surface area contributed by atoms with E-state index in [4.69, 9.17) is 15.0 Å². The van der Waals surface area contributed by atoms with Gasteiger partial charge in [-0.2, -0.15) is 0 Å². The molecule has 1 heterocycles. The third-order valence-corrected chi connectivity index (χ3v) is 7.77. The van der Waals surface area contributed by atoms with Crippen LogP contribution in [0.2, 0.25) is 0 Å². The van der Waals surface area contributed by atoms with Crippen LogP contribution in [0.5, 0.6) is 0 Å². The van der Waals surface area contributed by atoms with Gasteiger partial charge < -0.3 is 0 Å². The van der Waals surface area contributed by atoms with Crippen molar-refractivity contribution in [3.05, 3.63) is 180 Å². The van der Waals surface area contributed by atoms with Crippen LogP contribution < -0.4 is 0 Å². The second kappa shape index (κ2) is 12.7. The minimum atomic E-state index is 0.661. The SMILES string of the molecule is CN=C(N=C(c1ccccc1)c1ccccc1)c1ccc(-c2cc(-c3ccc4ccccc4c3)nc(-c3ccccc3)n2)cc1. The highest BCUT2D eigenvalue weighted by Gasteiger charge is 2.13. The highest BCUT2D eigenvalue weighted by atomic mass is 14.9. The lowest BCUT2D eigenvalue weighted by atomic mass is 10.0. The Labute approximate surface area is 263 Å². The van der Waals surface area contributed by atoms with Crippen LogP contribution >= 0.6 is 0 Å². The molecule has 45 heavy (non-hydrogen) atoms. The van der Waals surface area contributed by atoms with Crippen molar-refractivity contribution < 1.29 is 0 Å². The third-order valence-electron chi connectivity index (χ3n) is 7.77. The van der Waals surface area contributed by atoms with E-state index < -0.39 is 0 Å². The molecular weight excluding hydrogens is 548 g/mol. The van der Waals surface area contributed by atoms with Crippen LogP contribution in [0.1, 0.15) is 16.7 Å². The van der Waals surface area contributed by atoms with E-state index in [1.54, 1.807) is 7.05 Å². The molecule has 214 valence electrons. The fourth-order valence-electron chi connectivity index (χ4n) is 5.44. The van der Waals surface area contributed by atoms with Crippen molar-refractivity contribution in [2.24, 2.45) is 9.98 Å². The minimum Gasteiger partial charge on any atom is -0.270 e. The van der Waals surface area contributed by atoms with Gasteiger partial charge in [0.25, 0.3) is 0 Å². The summed E-state index contributed by atoms with van der Waals surface area (Å²) in [5, 5.41) is 2.38. The monoisotopic (exact) mass is 578 g/mol. The van der Waals surface area contributed by atoms with Crippen LogP contribution in [0.3, 0.4) is 0 Å². The maximum atomic E-state index is 5.08. The fraction of sp³-hybridized carbons (Fsp3) is 0.0244. The summed E-state index contributed by atoms with van der Waals surface area (Å²) in [4.78, 5) is 19.7. The smallest absolute Gasteiger partial charge is 0.160 e. The van der Waals surface area contributed by atoms with Gasteiger partial charge in [0.15, 0.2) is 11.7 Å². The van der Waals surface area contributed by atoms with E-state index in [-0.39, 0.29) is 0 Å². The lowest BCUT2D eigenvalue weighted by Crippen LogP contribution is -2.08. The fourth-order valence-corrected chi connectivity index (χ4v) is 5.44. The van der Waals surface area contributed by atoms with Crippen molar-refractivity contribution in [2.75, 3.05) is 7.05 Å². The summed E-state index contributed by atoms with van der Waals surface area (Å²) in [5.41, 5.74) is 8.63. The first-order valence-corrected chi connectivity index (χ1v) is 15.0. The zero-order valence-corrected chi connectivity index (χ0v) is 24.9. The van der Waals surface area contributed by atoms with Crippen molar-refractivity contribution >= 4 is 22.3 Å². The summed E-state index contributed by atoms with van der Waals surface area (Å²) in [6, 6.07) is 55.8. The molecule has 6 aromatic carbocycles. The molecule has 0 fully saturated rings. The predicted octanol–water partition coefficient (Wildman–Crippen LogP) is 9.54. The van der Waals surface area contributed by atoms with Crippen molar-refractivity contribution in [1.29, 1.82) is 0 Å². The molecule has 1 aromatic heterocycles. The quantitative estimate of drug-likeness (QED) is 0.146. The number of nitrogens with zero attached hydrogens (tertiary/aromatic N) is 4. The predicted molar refractivity (Wildman–Crippen MR) is 187 cm³/mol. The molecular formula is C41H30N4. The summed E-state index contributed by atoms with van der Waals surface area (Å²) in [5.74, 6) is 1.35. The van der Waals surface area contributed by atoms with E-state index in [9.17, 15) is 0 Å². The van der Waals surface area contributed by atoms with Crippen molar-refractivity contribution in [3.63, 3.8) is 0 Å². The van der Waals surface area contributed by atoms with E-state index in [2.05, 4.69) is 102 Å². The highest BCUT2D eigenvalue weighted by Crippen LogP contribution is 2.30. The van der Waals surface area contributed by atoms with Crippen LogP contribution in [0, 0.1) is 0 Å². The van der Waals surface area contributed by atoms with Crippen LogP contribution in [0.25, 0.3) is 44.7 Å². The van der Waals surface area contributed by atoms with Gasteiger partial charge in [0, 0.05) is 40.4 Å². The molecule has 0 radical (unpaired) electrons. The number of aliphatic imine (C=N–C) groups is 2. The van der Waals surface area contributed by atoms with Gasteiger partial charge in [-0.05, 0) is 22.9 Å². The average Bonchev–Trinajstić information content (AvgIpc) is 3.13. The average molecular weight is 579 g/mol. The molecule has 0 atom stereocenters. The lowest BCUT2D eigenvalue weighted by molar-refractivity contribution is 1.18. The molecule has 0 aliphatic rings. The first kappa shape index (κ1) is 27.8. The molecule has 0 aliphatic carbocycles. The second-order valence-electron chi connectivity index (χ2n) is 10.7. The van der Waals surface area contributed by atoms with Crippen molar-refractivity contribution in [3.8, 4) is 33.9 Å². The Morgan fingerprint density at radius 1 is 0.444 bits per heavy atom. The number of benzene rings is 6. The van der Waals surface area contributed by atoms with Gasteiger partial charge in [-0.3, -0.25) is 4.99 Å². The number of hydrogen-bond acceptors (Lipinski definition) is 3. The maximum Gasteiger partial charge on any atom is 0.160 e. The first-order valence-electron chi connectivity index (χ1n) is 15.0. The molecule has 7 rings (SSSR count). The molecule has 0 saturated heterocycles. The number of amidine groups is 1. The minimum absolute atomic E-state index is 0.661. The van der Waals surface area contributed by atoms with E-state index in [1.165, 1.54) is 10.8 Å². The third kappa shape index (κ3) is 6.08. The Kier molecular flexibility index (Phi) is 7.85. The molecule has 0 spiro atoms. The summed E-state index contributed by atoms with van der Waals surface area (Å²) in [6.45, 7) is 0. The van der Waals surface area contributed by atoms with E-state index in [0.29, 0.717) is 11.7 Å². The number of hydrogen-bond donors (Lipinski definition) is 0. The Morgan fingerprint density at radius 2 is 0.978 bits per heavy atom. The molecule has 0 bridgehead atoms. The number of rotatable bonds is 6. The molecule has 0 amide bonds. The second-order valence-corrected chi connectivity index (χ2v) is 10.7. The van der Waals surface area contributed by atoms with Crippen LogP contribution in [0.15, 0.2) is 174 Å². The van der Waals surface area contributed by atoms with E-state index in [1.807, 2.05) is 66.7 Å². The summed E-state index contributed by atoms with van der Waals surface area (Å²) in [6.07, 6.45) is 0. The van der Waals surface area contributed by atoms with Gasteiger partial charge in [0.05, 0.1) is 17.1 Å². The van der Waals surface area contributed by atoms with Gasteiger partial charge in [0.2, 0.25) is 0 Å². The number of aromatic nitrogens is 2. The maximum absolute atomic E-state index is 5.08. The Hall–Kier alpha value is -6.00. The van der Waals surface area contributed by atoms with Gasteiger partial charge >= 0.3 is 0 Å². The Bertz CT molecular complexity index is 2090. The molecule has 7 aromatic rings. The molecule has 0 unspecified atom stereocenters. The van der Waals surface area contributed by atoms with E-state index >= 15 is 0 Å². The summed E-state index contributed by atoms with van der Waals surface area (Å²) >= 11 is 0. The molecule has 0 aliphatic heterocycles. The van der Waals surface area contributed by atoms with Gasteiger partial charge in [-0.25, -0.2) is 15.0 Å². The van der Waals surface area contributed by atoms with Crippen molar-refractivity contribution in [1.82, 2.24) is 9.97 Å².